The Hall–Kier alpha value is -1.53. The van der Waals surface area contributed by atoms with E-state index in [1.165, 1.54) is 24.1 Å². The first-order valence-corrected chi connectivity index (χ1v) is 7.63. The van der Waals surface area contributed by atoms with Gasteiger partial charge >= 0.3 is 0 Å². The van der Waals surface area contributed by atoms with E-state index >= 15 is 0 Å². The van der Waals surface area contributed by atoms with Gasteiger partial charge < -0.3 is 4.90 Å². The summed E-state index contributed by atoms with van der Waals surface area (Å²) in [6.45, 7) is 8.88. The predicted molar refractivity (Wildman–Crippen MR) is 83.8 cm³/mol. The Labute approximate surface area is 122 Å². The number of hydrogen-bond donors (Lipinski definition) is 1. The summed E-state index contributed by atoms with van der Waals surface area (Å²) in [5.74, 6) is 0.506. The summed E-state index contributed by atoms with van der Waals surface area (Å²) in [6.07, 6.45) is 2.35. The summed E-state index contributed by atoms with van der Waals surface area (Å²) in [4.78, 5) is 2.32. The van der Waals surface area contributed by atoms with E-state index in [0.29, 0.717) is 5.92 Å². The Kier molecular flexibility index (Phi) is 4.67. The molecule has 1 aliphatic rings. The fraction of sp³-hybridized carbons (Fsp3) is 0.588. The topological polar surface area (TPSA) is 39.1 Å². The molecule has 0 amide bonds. The van der Waals surface area contributed by atoms with Crippen molar-refractivity contribution >= 4 is 5.69 Å². The molecule has 1 unspecified atom stereocenters. The van der Waals surface area contributed by atoms with Crippen molar-refractivity contribution in [2.45, 2.75) is 39.2 Å². The average molecular weight is 271 g/mol. The van der Waals surface area contributed by atoms with Gasteiger partial charge in [0.05, 0.1) is 6.07 Å². The highest BCUT2D eigenvalue weighted by atomic mass is 15.2. The number of benzene rings is 1. The van der Waals surface area contributed by atoms with Crippen LogP contribution in [0, 0.1) is 24.2 Å². The van der Waals surface area contributed by atoms with Crippen LogP contribution >= 0.6 is 0 Å². The van der Waals surface area contributed by atoms with Crippen molar-refractivity contribution in [1.29, 1.82) is 5.26 Å². The number of likely N-dealkylation sites (N-methyl/N-ethyl adjacent to an activating group) is 2. The van der Waals surface area contributed by atoms with E-state index in [4.69, 9.17) is 0 Å². The number of nitriles is 1. The maximum Gasteiger partial charge on any atom is 0.127 e. The van der Waals surface area contributed by atoms with Crippen LogP contribution in [0.1, 0.15) is 32.3 Å². The second-order valence-electron chi connectivity index (χ2n) is 5.74. The molecule has 108 valence electrons. The van der Waals surface area contributed by atoms with Crippen LogP contribution in [0.4, 0.5) is 5.69 Å². The zero-order chi connectivity index (χ0) is 14.6. The van der Waals surface area contributed by atoms with Gasteiger partial charge in [-0.05, 0) is 56.8 Å². The van der Waals surface area contributed by atoms with Crippen molar-refractivity contribution in [2.24, 2.45) is 5.92 Å². The first-order valence-electron chi connectivity index (χ1n) is 7.63. The molecular weight excluding hydrogens is 246 g/mol. The van der Waals surface area contributed by atoms with Gasteiger partial charge in [0.1, 0.15) is 5.54 Å². The zero-order valence-electron chi connectivity index (χ0n) is 12.8. The molecule has 1 atom stereocenters. The summed E-state index contributed by atoms with van der Waals surface area (Å²) >= 11 is 0. The minimum atomic E-state index is -0.394. The lowest BCUT2D eigenvalue weighted by Gasteiger charge is -2.35. The summed E-state index contributed by atoms with van der Waals surface area (Å²) in [5.41, 5.74) is 2.08. The molecule has 0 aromatic heterocycles. The van der Waals surface area contributed by atoms with Gasteiger partial charge in [-0.25, -0.2) is 0 Å². The lowest BCUT2D eigenvalue weighted by Crippen LogP contribution is -2.54. The normalized spacial score (nSPS) is 17.3. The minimum Gasteiger partial charge on any atom is -0.369 e. The molecule has 20 heavy (non-hydrogen) atoms. The third-order valence-electron chi connectivity index (χ3n) is 4.15. The van der Waals surface area contributed by atoms with Crippen LogP contribution in [0.2, 0.25) is 0 Å². The molecule has 0 radical (unpaired) electrons. The first-order chi connectivity index (χ1) is 9.65. The summed E-state index contributed by atoms with van der Waals surface area (Å²) in [7, 11) is 0. The molecule has 0 saturated heterocycles. The molecule has 3 nitrogen and oxygen atoms in total. The summed E-state index contributed by atoms with van der Waals surface area (Å²) in [5, 5.41) is 13.2. The highest BCUT2D eigenvalue weighted by Crippen LogP contribution is 2.40. The molecule has 3 heteroatoms. The Morgan fingerprint density at radius 3 is 2.65 bits per heavy atom. The standard InChI is InChI=1S/C17H25N3/c1-4-19-17(12-18,15-9-10-15)13-20(5-2)16-8-6-7-14(3)11-16/h6-8,11,15,19H,4-5,9-10,13H2,1-3H3. The predicted octanol–water partition coefficient (Wildman–Crippen LogP) is 3.10. The number of nitrogens with one attached hydrogen (secondary N) is 1. The Balaban J connectivity index is 2.21. The average Bonchev–Trinajstić information content (AvgIpc) is 3.28. The molecule has 1 aromatic rings. The Morgan fingerprint density at radius 1 is 1.40 bits per heavy atom. The van der Waals surface area contributed by atoms with Crippen molar-refractivity contribution in [3.05, 3.63) is 29.8 Å². The molecule has 1 aromatic carbocycles. The van der Waals surface area contributed by atoms with Crippen LogP contribution in [0.25, 0.3) is 0 Å². The second kappa shape index (κ2) is 6.28. The fourth-order valence-electron chi connectivity index (χ4n) is 2.90. The Bertz CT molecular complexity index is 487. The van der Waals surface area contributed by atoms with E-state index < -0.39 is 5.54 Å². The van der Waals surface area contributed by atoms with Gasteiger partial charge in [0.2, 0.25) is 0 Å². The summed E-state index contributed by atoms with van der Waals surface area (Å²) < 4.78 is 0. The van der Waals surface area contributed by atoms with Crippen LogP contribution in [0.3, 0.4) is 0 Å². The molecule has 0 bridgehead atoms. The third kappa shape index (κ3) is 3.13. The third-order valence-corrected chi connectivity index (χ3v) is 4.15. The summed E-state index contributed by atoms with van der Waals surface area (Å²) in [6, 6.07) is 11.1. The zero-order valence-corrected chi connectivity index (χ0v) is 12.8. The fourth-order valence-corrected chi connectivity index (χ4v) is 2.90. The van der Waals surface area contributed by atoms with Crippen LogP contribution < -0.4 is 10.2 Å². The quantitative estimate of drug-likeness (QED) is 0.828. The molecule has 0 spiro atoms. The molecule has 1 saturated carbocycles. The van der Waals surface area contributed by atoms with Crippen LogP contribution in [-0.2, 0) is 0 Å². The van der Waals surface area contributed by atoms with Gasteiger partial charge in [0.25, 0.3) is 0 Å². The van der Waals surface area contributed by atoms with E-state index in [1.807, 2.05) is 0 Å². The lowest BCUT2D eigenvalue weighted by atomic mass is 9.93. The molecule has 0 heterocycles. The maximum absolute atomic E-state index is 9.72. The van der Waals surface area contributed by atoms with Crippen molar-refractivity contribution in [3.63, 3.8) is 0 Å². The van der Waals surface area contributed by atoms with Crippen LogP contribution in [-0.4, -0.2) is 25.2 Å². The minimum absolute atomic E-state index is 0.394. The molecule has 1 N–H and O–H groups in total. The van der Waals surface area contributed by atoms with Crippen molar-refractivity contribution < 1.29 is 0 Å². The molecule has 2 rings (SSSR count). The SMILES string of the molecule is CCNC(C#N)(CN(CC)c1cccc(C)c1)C1CC1. The smallest absolute Gasteiger partial charge is 0.127 e. The van der Waals surface area contributed by atoms with Gasteiger partial charge in [0, 0.05) is 18.8 Å². The van der Waals surface area contributed by atoms with E-state index in [2.05, 4.69) is 61.3 Å². The van der Waals surface area contributed by atoms with Gasteiger partial charge in [0.15, 0.2) is 0 Å². The van der Waals surface area contributed by atoms with Gasteiger partial charge in [-0.2, -0.15) is 5.26 Å². The van der Waals surface area contributed by atoms with E-state index in [-0.39, 0.29) is 0 Å². The van der Waals surface area contributed by atoms with Gasteiger partial charge in [-0.15, -0.1) is 0 Å². The highest BCUT2D eigenvalue weighted by Gasteiger charge is 2.46. The Morgan fingerprint density at radius 2 is 2.15 bits per heavy atom. The maximum atomic E-state index is 9.72. The molecule has 0 aliphatic heterocycles. The molecule has 1 aliphatic carbocycles. The number of anilines is 1. The van der Waals surface area contributed by atoms with Gasteiger partial charge in [-0.1, -0.05) is 19.1 Å². The lowest BCUT2D eigenvalue weighted by molar-refractivity contribution is 0.373. The van der Waals surface area contributed by atoms with E-state index in [9.17, 15) is 5.26 Å². The van der Waals surface area contributed by atoms with Gasteiger partial charge in [-0.3, -0.25) is 5.32 Å². The van der Waals surface area contributed by atoms with Crippen molar-refractivity contribution in [2.75, 3.05) is 24.5 Å². The van der Waals surface area contributed by atoms with Crippen molar-refractivity contribution in [3.8, 4) is 6.07 Å². The molecule has 1 fully saturated rings. The second-order valence-corrected chi connectivity index (χ2v) is 5.74. The van der Waals surface area contributed by atoms with E-state index in [1.54, 1.807) is 0 Å². The highest BCUT2D eigenvalue weighted by molar-refractivity contribution is 5.49. The number of hydrogen-bond acceptors (Lipinski definition) is 3. The largest absolute Gasteiger partial charge is 0.369 e. The van der Waals surface area contributed by atoms with E-state index in [0.717, 1.165) is 19.6 Å². The van der Waals surface area contributed by atoms with Crippen LogP contribution in [0.5, 0.6) is 0 Å². The van der Waals surface area contributed by atoms with Crippen molar-refractivity contribution in [1.82, 2.24) is 5.32 Å². The monoisotopic (exact) mass is 271 g/mol. The number of rotatable bonds is 7. The molecular formula is C17H25N3. The number of aryl methyl sites for hydroxylation is 1. The number of nitrogens with zero attached hydrogens (tertiary/aromatic N) is 2. The van der Waals surface area contributed by atoms with Crippen LogP contribution in [0.15, 0.2) is 24.3 Å². The first kappa shape index (κ1) is 14.9.